The number of fused-ring (bicyclic) bond motifs is 10. The molecule has 9 rings (SSSR count). The van der Waals surface area contributed by atoms with Gasteiger partial charge in [-0.15, -0.1) is 0 Å². The van der Waals surface area contributed by atoms with E-state index in [-0.39, 0.29) is 17.3 Å². The van der Waals surface area contributed by atoms with Gasteiger partial charge in [0.05, 0.1) is 5.41 Å². The molecule has 44 heavy (non-hydrogen) atoms. The lowest BCUT2D eigenvalue weighted by atomic mass is 9.65. The maximum absolute atomic E-state index is 5.08. The Morgan fingerprint density at radius 1 is 0.500 bits per heavy atom. The van der Waals surface area contributed by atoms with Crippen LogP contribution in [0.1, 0.15) is 28.2 Å². The van der Waals surface area contributed by atoms with E-state index in [1.54, 1.807) is 0 Å². The van der Waals surface area contributed by atoms with Gasteiger partial charge in [-0.25, -0.2) is 15.0 Å². The molecule has 0 saturated heterocycles. The number of benzene rings is 5. The molecule has 0 N–H and O–H groups in total. The minimum Gasteiger partial charge on any atom is -0.208 e. The fraction of sp³-hybridized carbons (Fsp3) is 0.0750. The first-order valence-electron chi connectivity index (χ1n) is 15.0. The van der Waals surface area contributed by atoms with Crippen LogP contribution in [0.4, 0.5) is 0 Å². The van der Waals surface area contributed by atoms with E-state index in [9.17, 15) is 0 Å². The minimum atomic E-state index is -0.329. The SMILES string of the molecule is Brc1ccc2c(c1)C1(c3ccccc3-2)c2cc(-c3nc(-c4ccccc4)nc(-c4ccccc4)n3)ccc2C2C=CC=CC21. The standard InChI is InChI=1S/C40H26BrN3/c41-28-20-22-32-30-16-8-10-18-34(30)40(36(32)24-28)33-17-9-7-15-29(33)31-21-19-27(23-35(31)40)39-43-37(25-11-3-1-4-12-25)42-38(44-39)26-13-5-2-6-14-26/h1-24,29,33H. The van der Waals surface area contributed by atoms with Crippen LogP contribution < -0.4 is 0 Å². The number of hydrogen-bond donors (Lipinski definition) is 0. The third-order valence-electron chi connectivity index (χ3n) is 9.48. The first-order chi connectivity index (χ1) is 21.7. The number of hydrogen-bond acceptors (Lipinski definition) is 3. The topological polar surface area (TPSA) is 38.7 Å². The van der Waals surface area contributed by atoms with Crippen LogP contribution in [-0.4, -0.2) is 15.0 Å². The molecule has 0 amide bonds. The van der Waals surface area contributed by atoms with Gasteiger partial charge >= 0.3 is 0 Å². The smallest absolute Gasteiger partial charge is 0.164 e. The predicted molar refractivity (Wildman–Crippen MR) is 180 cm³/mol. The van der Waals surface area contributed by atoms with Gasteiger partial charge in [0.2, 0.25) is 0 Å². The van der Waals surface area contributed by atoms with Gasteiger partial charge in [-0.3, -0.25) is 0 Å². The monoisotopic (exact) mass is 627 g/mol. The molecule has 1 spiro atoms. The summed E-state index contributed by atoms with van der Waals surface area (Å²) in [6.07, 6.45) is 9.21. The summed E-state index contributed by atoms with van der Waals surface area (Å²) in [5, 5.41) is 0. The van der Waals surface area contributed by atoms with Crippen LogP contribution in [0.5, 0.6) is 0 Å². The molecule has 0 radical (unpaired) electrons. The maximum Gasteiger partial charge on any atom is 0.164 e. The third-order valence-corrected chi connectivity index (χ3v) is 9.97. The summed E-state index contributed by atoms with van der Waals surface area (Å²) >= 11 is 3.82. The molecule has 0 saturated carbocycles. The molecule has 3 atom stereocenters. The average Bonchev–Trinajstić information content (AvgIpc) is 3.55. The summed E-state index contributed by atoms with van der Waals surface area (Å²) < 4.78 is 1.09. The fourth-order valence-electron chi connectivity index (χ4n) is 7.70. The molecule has 6 aromatic rings. The zero-order valence-electron chi connectivity index (χ0n) is 23.7. The van der Waals surface area contributed by atoms with Gasteiger partial charge in [0.25, 0.3) is 0 Å². The largest absolute Gasteiger partial charge is 0.208 e. The Balaban J connectivity index is 1.31. The van der Waals surface area contributed by atoms with Crippen molar-refractivity contribution in [1.82, 2.24) is 15.0 Å². The van der Waals surface area contributed by atoms with Gasteiger partial charge in [-0.05, 0) is 51.6 Å². The highest BCUT2D eigenvalue weighted by atomic mass is 79.9. The minimum absolute atomic E-state index is 0.257. The quantitative estimate of drug-likeness (QED) is 0.196. The molecule has 1 aromatic heterocycles. The van der Waals surface area contributed by atoms with Gasteiger partial charge in [0.15, 0.2) is 17.5 Å². The zero-order valence-corrected chi connectivity index (χ0v) is 25.3. The average molecular weight is 629 g/mol. The Kier molecular flexibility index (Phi) is 5.69. The Morgan fingerprint density at radius 2 is 1.11 bits per heavy atom. The van der Waals surface area contributed by atoms with Gasteiger partial charge < -0.3 is 0 Å². The Hall–Kier alpha value is -4.93. The van der Waals surface area contributed by atoms with Crippen molar-refractivity contribution in [2.24, 2.45) is 5.92 Å². The van der Waals surface area contributed by atoms with Crippen molar-refractivity contribution >= 4 is 15.9 Å². The van der Waals surface area contributed by atoms with Crippen molar-refractivity contribution in [1.29, 1.82) is 0 Å². The second-order valence-corrected chi connectivity index (χ2v) is 12.6. The van der Waals surface area contributed by atoms with Crippen LogP contribution in [0, 0.1) is 5.92 Å². The molecular weight excluding hydrogens is 602 g/mol. The summed E-state index contributed by atoms with van der Waals surface area (Å²) in [4.78, 5) is 15.1. The predicted octanol–water partition coefficient (Wildman–Crippen LogP) is 9.79. The van der Waals surface area contributed by atoms with Crippen LogP contribution >= 0.6 is 15.9 Å². The van der Waals surface area contributed by atoms with Crippen molar-refractivity contribution < 1.29 is 0 Å². The van der Waals surface area contributed by atoms with Gasteiger partial charge in [-0.1, -0.05) is 143 Å². The summed E-state index contributed by atoms with van der Waals surface area (Å²) in [6, 6.07) is 42.9. The molecule has 3 aliphatic rings. The Bertz CT molecular complexity index is 2090. The second kappa shape index (κ2) is 9.80. The molecule has 0 aliphatic heterocycles. The lowest BCUT2D eigenvalue weighted by Gasteiger charge is -2.36. The van der Waals surface area contributed by atoms with Crippen LogP contribution in [0.2, 0.25) is 0 Å². The first-order valence-corrected chi connectivity index (χ1v) is 15.8. The summed E-state index contributed by atoms with van der Waals surface area (Å²) in [7, 11) is 0. The van der Waals surface area contributed by atoms with Crippen LogP contribution in [0.15, 0.2) is 150 Å². The number of rotatable bonds is 3. The van der Waals surface area contributed by atoms with Crippen molar-refractivity contribution in [2.45, 2.75) is 11.3 Å². The summed E-state index contributed by atoms with van der Waals surface area (Å²) in [5.41, 5.74) is 10.6. The maximum atomic E-state index is 5.08. The molecule has 208 valence electrons. The van der Waals surface area contributed by atoms with Crippen LogP contribution in [0.3, 0.4) is 0 Å². The van der Waals surface area contributed by atoms with Crippen LogP contribution in [0.25, 0.3) is 45.3 Å². The van der Waals surface area contributed by atoms with E-state index in [0.29, 0.717) is 17.5 Å². The second-order valence-electron chi connectivity index (χ2n) is 11.7. The Morgan fingerprint density at radius 3 is 1.84 bits per heavy atom. The van der Waals surface area contributed by atoms with Crippen molar-refractivity contribution in [3.8, 4) is 45.3 Å². The van der Waals surface area contributed by atoms with Gasteiger partial charge in [0, 0.05) is 33.0 Å². The molecule has 0 bridgehead atoms. The highest BCUT2D eigenvalue weighted by molar-refractivity contribution is 9.10. The van der Waals surface area contributed by atoms with E-state index in [4.69, 9.17) is 15.0 Å². The summed E-state index contributed by atoms with van der Waals surface area (Å²) in [6.45, 7) is 0. The molecule has 4 heteroatoms. The molecule has 1 heterocycles. The molecule has 3 unspecified atom stereocenters. The van der Waals surface area contributed by atoms with Crippen LogP contribution in [-0.2, 0) is 5.41 Å². The lowest BCUT2D eigenvalue weighted by molar-refractivity contribution is 0.465. The van der Waals surface area contributed by atoms with E-state index in [1.807, 2.05) is 36.4 Å². The fourth-order valence-corrected chi connectivity index (χ4v) is 8.06. The lowest BCUT2D eigenvalue weighted by Crippen LogP contribution is -2.33. The molecule has 3 nitrogen and oxygen atoms in total. The van der Waals surface area contributed by atoms with Crippen molar-refractivity contribution in [3.05, 3.63) is 172 Å². The zero-order chi connectivity index (χ0) is 29.3. The molecular formula is C40H26BrN3. The highest BCUT2D eigenvalue weighted by Gasteiger charge is 2.57. The number of aromatic nitrogens is 3. The van der Waals surface area contributed by atoms with E-state index in [1.165, 1.54) is 33.4 Å². The van der Waals surface area contributed by atoms with E-state index in [2.05, 4.69) is 125 Å². The van der Waals surface area contributed by atoms with Crippen molar-refractivity contribution in [3.63, 3.8) is 0 Å². The number of halogens is 1. The summed E-state index contributed by atoms with van der Waals surface area (Å²) in [5.74, 6) is 2.56. The van der Waals surface area contributed by atoms with Gasteiger partial charge in [-0.2, -0.15) is 0 Å². The molecule has 5 aromatic carbocycles. The van der Waals surface area contributed by atoms with Crippen molar-refractivity contribution in [2.75, 3.05) is 0 Å². The first kappa shape index (κ1) is 25.6. The molecule has 0 fully saturated rings. The third kappa shape index (κ3) is 3.64. The Labute approximate surface area is 264 Å². The van der Waals surface area contributed by atoms with Gasteiger partial charge in [0.1, 0.15) is 0 Å². The van der Waals surface area contributed by atoms with E-state index in [0.717, 1.165) is 21.2 Å². The number of nitrogens with zero attached hydrogens (tertiary/aromatic N) is 3. The molecule has 3 aliphatic carbocycles. The normalized spacial score (nSPS) is 20.3. The van der Waals surface area contributed by atoms with E-state index >= 15 is 0 Å². The highest BCUT2D eigenvalue weighted by Crippen LogP contribution is 2.65. The number of allylic oxidation sites excluding steroid dienone is 4. The van der Waals surface area contributed by atoms with E-state index < -0.39 is 0 Å².